The van der Waals surface area contributed by atoms with E-state index >= 15 is 0 Å². The van der Waals surface area contributed by atoms with Gasteiger partial charge < -0.3 is 11.1 Å². The maximum Gasteiger partial charge on any atom is 0.188 e. The number of hydrogen-bond acceptors (Lipinski definition) is 1. The largest absolute Gasteiger partial charge is 0.370 e. The molecule has 0 aliphatic carbocycles. The molecular formula is C13H20FN3. The van der Waals surface area contributed by atoms with Gasteiger partial charge in [-0.3, -0.25) is 4.99 Å². The lowest BCUT2D eigenvalue weighted by Gasteiger charge is -2.06. The van der Waals surface area contributed by atoms with Gasteiger partial charge in [-0.15, -0.1) is 0 Å². The van der Waals surface area contributed by atoms with Crippen molar-refractivity contribution >= 4 is 5.96 Å². The lowest BCUT2D eigenvalue weighted by atomic mass is 10.1. The van der Waals surface area contributed by atoms with Gasteiger partial charge in [-0.2, -0.15) is 0 Å². The lowest BCUT2D eigenvalue weighted by molar-refractivity contribution is 0.626. The smallest absolute Gasteiger partial charge is 0.188 e. The van der Waals surface area contributed by atoms with Crippen molar-refractivity contribution in [3.8, 4) is 0 Å². The fourth-order valence-electron chi connectivity index (χ4n) is 1.32. The summed E-state index contributed by atoms with van der Waals surface area (Å²) < 4.78 is 12.7. The summed E-state index contributed by atoms with van der Waals surface area (Å²) in [5, 5.41) is 3.04. The number of rotatable bonds is 5. The van der Waals surface area contributed by atoms with Crippen LogP contribution in [0.4, 0.5) is 4.39 Å². The molecule has 0 amide bonds. The highest BCUT2D eigenvalue weighted by Gasteiger charge is 1.96. The average Bonchev–Trinajstić information content (AvgIpc) is 2.29. The Balaban J connectivity index is 2.28. The quantitative estimate of drug-likeness (QED) is 0.607. The molecule has 3 N–H and O–H groups in total. The number of halogens is 1. The summed E-state index contributed by atoms with van der Waals surface area (Å²) in [6.07, 6.45) is 0.804. The summed E-state index contributed by atoms with van der Waals surface area (Å²) >= 11 is 0. The second-order valence-electron chi connectivity index (χ2n) is 4.42. The van der Waals surface area contributed by atoms with Gasteiger partial charge in [0.25, 0.3) is 0 Å². The van der Waals surface area contributed by atoms with E-state index < -0.39 is 0 Å². The molecular weight excluding hydrogens is 217 g/mol. The normalized spacial score (nSPS) is 11.9. The molecule has 17 heavy (non-hydrogen) atoms. The highest BCUT2D eigenvalue weighted by atomic mass is 19.1. The van der Waals surface area contributed by atoms with Crippen molar-refractivity contribution in [2.45, 2.75) is 20.3 Å². The van der Waals surface area contributed by atoms with Crippen LogP contribution in [0.3, 0.4) is 0 Å². The van der Waals surface area contributed by atoms with Crippen molar-refractivity contribution in [1.29, 1.82) is 0 Å². The van der Waals surface area contributed by atoms with Gasteiger partial charge in [-0.1, -0.05) is 26.0 Å². The van der Waals surface area contributed by atoms with Crippen LogP contribution in [0.1, 0.15) is 19.4 Å². The standard InChI is InChI=1S/C13H20FN3/c1-10(2)9-17-13(15)16-8-7-11-3-5-12(14)6-4-11/h3-6,10H,7-9H2,1-2H3,(H3,15,16,17). The van der Waals surface area contributed by atoms with Gasteiger partial charge in [0.05, 0.1) is 0 Å². The average molecular weight is 237 g/mol. The third-order valence-corrected chi connectivity index (χ3v) is 2.26. The molecule has 1 aromatic rings. The summed E-state index contributed by atoms with van der Waals surface area (Å²) in [5.41, 5.74) is 6.77. The van der Waals surface area contributed by atoms with Gasteiger partial charge in [-0.05, 0) is 30.0 Å². The number of guanidine groups is 1. The maximum atomic E-state index is 12.7. The molecule has 0 aliphatic rings. The van der Waals surface area contributed by atoms with Crippen molar-refractivity contribution in [2.75, 3.05) is 13.1 Å². The highest BCUT2D eigenvalue weighted by Crippen LogP contribution is 2.02. The van der Waals surface area contributed by atoms with E-state index in [-0.39, 0.29) is 5.82 Å². The molecule has 0 saturated carbocycles. The summed E-state index contributed by atoms with van der Waals surface area (Å²) in [4.78, 5) is 4.19. The Kier molecular flexibility index (Phi) is 5.46. The molecule has 0 spiro atoms. The number of nitrogens with two attached hydrogens (primary N) is 1. The molecule has 0 saturated heterocycles. The van der Waals surface area contributed by atoms with Gasteiger partial charge in [-0.25, -0.2) is 4.39 Å². The van der Waals surface area contributed by atoms with E-state index in [1.54, 1.807) is 12.1 Å². The van der Waals surface area contributed by atoms with Crippen molar-refractivity contribution in [3.63, 3.8) is 0 Å². The molecule has 0 unspecified atom stereocenters. The van der Waals surface area contributed by atoms with E-state index in [0.717, 1.165) is 18.5 Å². The van der Waals surface area contributed by atoms with Crippen molar-refractivity contribution in [2.24, 2.45) is 16.6 Å². The Bertz CT molecular complexity index is 357. The fourth-order valence-corrected chi connectivity index (χ4v) is 1.32. The minimum atomic E-state index is -0.209. The zero-order valence-electron chi connectivity index (χ0n) is 10.4. The molecule has 0 bridgehead atoms. The topological polar surface area (TPSA) is 50.4 Å². The SMILES string of the molecule is CC(C)CN=C(N)NCCc1ccc(F)cc1. The molecule has 0 aromatic heterocycles. The zero-order valence-corrected chi connectivity index (χ0v) is 10.4. The molecule has 1 rings (SSSR count). The summed E-state index contributed by atoms with van der Waals surface area (Å²) in [5.74, 6) is 0.771. The first-order chi connectivity index (χ1) is 8.08. The first-order valence-electron chi connectivity index (χ1n) is 5.86. The van der Waals surface area contributed by atoms with Crippen LogP contribution in [-0.4, -0.2) is 19.0 Å². The lowest BCUT2D eigenvalue weighted by Crippen LogP contribution is -2.33. The van der Waals surface area contributed by atoms with E-state index in [4.69, 9.17) is 5.73 Å². The number of nitrogens with zero attached hydrogens (tertiary/aromatic N) is 1. The summed E-state index contributed by atoms with van der Waals surface area (Å²) in [6, 6.07) is 6.48. The molecule has 1 aromatic carbocycles. The van der Waals surface area contributed by atoms with Crippen LogP contribution >= 0.6 is 0 Å². The van der Waals surface area contributed by atoms with E-state index in [2.05, 4.69) is 24.2 Å². The third kappa shape index (κ3) is 5.90. The predicted octanol–water partition coefficient (Wildman–Crippen LogP) is 1.93. The molecule has 0 aliphatic heterocycles. The minimum Gasteiger partial charge on any atom is -0.370 e. The molecule has 3 nitrogen and oxygen atoms in total. The summed E-state index contributed by atoms with van der Waals surface area (Å²) in [6.45, 7) is 5.62. The molecule has 0 radical (unpaired) electrons. The number of benzene rings is 1. The molecule has 0 fully saturated rings. The van der Waals surface area contributed by atoms with Crippen LogP contribution in [0.25, 0.3) is 0 Å². The minimum absolute atomic E-state index is 0.209. The van der Waals surface area contributed by atoms with Crippen LogP contribution in [0, 0.1) is 11.7 Å². The van der Waals surface area contributed by atoms with Crippen LogP contribution in [0.15, 0.2) is 29.3 Å². The molecule has 94 valence electrons. The van der Waals surface area contributed by atoms with Crippen molar-refractivity contribution in [3.05, 3.63) is 35.6 Å². The zero-order chi connectivity index (χ0) is 12.7. The van der Waals surface area contributed by atoms with Gasteiger partial charge in [0.1, 0.15) is 5.82 Å². The van der Waals surface area contributed by atoms with E-state index in [0.29, 0.717) is 18.4 Å². The molecule has 0 heterocycles. The van der Waals surface area contributed by atoms with Gasteiger partial charge in [0.15, 0.2) is 5.96 Å². The van der Waals surface area contributed by atoms with E-state index in [1.165, 1.54) is 12.1 Å². The van der Waals surface area contributed by atoms with Gasteiger partial charge in [0, 0.05) is 13.1 Å². The fraction of sp³-hybridized carbons (Fsp3) is 0.462. The number of aliphatic imine (C=N–C) groups is 1. The van der Waals surface area contributed by atoms with Crippen molar-refractivity contribution < 1.29 is 4.39 Å². The van der Waals surface area contributed by atoms with Crippen LogP contribution < -0.4 is 11.1 Å². The monoisotopic (exact) mass is 237 g/mol. The van der Waals surface area contributed by atoms with Gasteiger partial charge in [0.2, 0.25) is 0 Å². The number of hydrogen-bond donors (Lipinski definition) is 2. The highest BCUT2D eigenvalue weighted by molar-refractivity contribution is 5.77. The van der Waals surface area contributed by atoms with Crippen molar-refractivity contribution in [1.82, 2.24) is 5.32 Å². The first-order valence-corrected chi connectivity index (χ1v) is 5.86. The third-order valence-electron chi connectivity index (χ3n) is 2.26. The Morgan fingerprint density at radius 3 is 2.59 bits per heavy atom. The first kappa shape index (κ1) is 13.5. The Labute approximate surface area is 102 Å². The molecule has 4 heteroatoms. The van der Waals surface area contributed by atoms with Crippen LogP contribution in [0.5, 0.6) is 0 Å². The van der Waals surface area contributed by atoms with E-state index in [1.807, 2.05) is 0 Å². The van der Waals surface area contributed by atoms with E-state index in [9.17, 15) is 4.39 Å². The van der Waals surface area contributed by atoms with Gasteiger partial charge >= 0.3 is 0 Å². The van der Waals surface area contributed by atoms with Crippen LogP contribution in [0.2, 0.25) is 0 Å². The predicted molar refractivity (Wildman–Crippen MR) is 69.4 cm³/mol. The second-order valence-corrected chi connectivity index (χ2v) is 4.42. The summed E-state index contributed by atoms with van der Waals surface area (Å²) in [7, 11) is 0. The Hall–Kier alpha value is -1.58. The maximum absolute atomic E-state index is 12.7. The Morgan fingerprint density at radius 1 is 1.35 bits per heavy atom. The number of nitrogens with one attached hydrogen (secondary N) is 1. The second kappa shape index (κ2) is 6.89. The van der Waals surface area contributed by atoms with Crippen LogP contribution in [-0.2, 0) is 6.42 Å². The molecule has 0 atom stereocenters. The Morgan fingerprint density at radius 2 is 2.00 bits per heavy atom.